The molecule has 0 amide bonds. The molecule has 1 saturated heterocycles. The molecule has 0 aromatic heterocycles. The van der Waals surface area contributed by atoms with Gasteiger partial charge in [0.1, 0.15) is 0 Å². The van der Waals surface area contributed by atoms with E-state index in [-0.39, 0.29) is 12.5 Å². The molecule has 1 radical (unpaired) electrons. The van der Waals surface area contributed by atoms with Crippen LogP contribution in [0.5, 0.6) is 0 Å². The molecule has 1 rings (SSSR count). The van der Waals surface area contributed by atoms with Crippen LogP contribution in [0, 0.1) is 12.2 Å². The number of nitrogens with one attached hydrogen (secondary N) is 1. The Hall–Kier alpha value is -0.620. The molecule has 1 heterocycles. The van der Waals surface area contributed by atoms with Crippen LogP contribution >= 0.6 is 0 Å². The van der Waals surface area contributed by atoms with Gasteiger partial charge in [-0.1, -0.05) is 0 Å². The summed E-state index contributed by atoms with van der Waals surface area (Å²) in [6, 6.07) is 0. The zero-order valence-corrected chi connectivity index (χ0v) is 8.84. The van der Waals surface area contributed by atoms with Crippen LogP contribution in [-0.4, -0.2) is 39.3 Å². The zero-order valence-electron chi connectivity index (χ0n) is 8.02. The highest BCUT2D eigenvalue weighted by atomic mass is 32.2. The molecule has 1 aliphatic heterocycles. The highest BCUT2D eigenvalue weighted by Crippen LogP contribution is 2.18. The summed E-state index contributed by atoms with van der Waals surface area (Å²) in [4.78, 5) is 11.4. The molecule has 0 spiro atoms. The van der Waals surface area contributed by atoms with Gasteiger partial charge in [-0.3, -0.25) is 4.79 Å². The zero-order chi connectivity index (χ0) is 10.8. The van der Waals surface area contributed by atoms with E-state index in [1.165, 1.54) is 0 Å². The Morgan fingerprint density at radius 2 is 2.21 bits per heavy atom. The second kappa shape index (κ2) is 4.27. The first-order valence-electron chi connectivity index (χ1n) is 4.41. The van der Waals surface area contributed by atoms with Gasteiger partial charge in [0.15, 0.2) is 15.1 Å². The normalized spacial score (nSPS) is 19.9. The standard InChI is InChI=1S/C8H14NO4S/c1-3-13-8(10)7(14(2,11)12)6-4-9-5-6/h6-7,9H,2-5H2,1H3. The van der Waals surface area contributed by atoms with E-state index in [2.05, 4.69) is 11.6 Å². The van der Waals surface area contributed by atoms with E-state index in [4.69, 9.17) is 4.74 Å². The summed E-state index contributed by atoms with van der Waals surface area (Å²) >= 11 is 0. The quantitative estimate of drug-likeness (QED) is 0.637. The molecule has 1 unspecified atom stereocenters. The van der Waals surface area contributed by atoms with E-state index in [0.717, 1.165) is 0 Å². The summed E-state index contributed by atoms with van der Waals surface area (Å²) in [6.07, 6.45) is 3.02. The van der Waals surface area contributed by atoms with Crippen molar-refractivity contribution in [2.45, 2.75) is 12.2 Å². The second-order valence-electron chi connectivity index (χ2n) is 3.25. The molecule has 0 saturated carbocycles. The fourth-order valence-electron chi connectivity index (χ4n) is 1.38. The van der Waals surface area contributed by atoms with Crippen molar-refractivity contribution >= 4 is 15.8 Å². The van der Waals surface area contributed by atoms with Gasteiger partial charge in [0.25, 0.3) is 0 Å². The fraction of sp³-hybridized carbons (Fsp3) is 0.750. The van der Waals surface area contributed by atoms with Crippen molar-refractivity contribution in [1.82, 2.24) is 5.32 Å². The van der Waals surface area contributed by atoms with Gasteiger partial charge in [0, 0.05) is 19.0 Å². The lowest BCUT2D eigenvalue weighted by Gasteiger charge is -2.31. The first-order chi connectivity index (χ1) is 6.46. The van der Waals surface area contributed by atoms with Crippen molar-refractivity contribution in [1.29, 1.82) is 0 Å². The third kappa shape index (κ3) is 2.45. The smallest absolute Gasteiger partial charge is 0.324 e. The third-order valence-corrected chi connectivity index (χ3v) is 3.50. The van der Waals surface area contributed by atoms with Gasteiger partial charge in [-0.2, -0.15) is 0 Å². The molecule has 5 nitrogen and oxygen atoms in total. The fourth-order valence-corrected chi connectivity index (χ4v) is 2.52. The molecule has 1 aliphatic rings. The molecular formula is C8H14NO4S. The average Bonchev–Trinajstić information content (AvgIpc) is 1.94. The molecule has 1 atom stereocenters. The number of ether oxygens (including phenoxy) is 1. The summed E-state index contributed by atoms with van der Waals surface area (Å²) in [5.41, 5.74) is 0. The Bertz CT molecular complexity index is 307. The van der Waals surface area contributed by atoms with Crippen molar-refractivity contribution < 1.29 is 17.9 Å². The predicted molar refractivity (Wildman–Crippen MR) is 51.1 cm³/mol. The topological polar surface area (TPSA) is 72.5 Å². The number of esters is 1. The Labute approximate surface area is 83.7 Å². The maximum atomic E-state index is 11.4. The van der Waals surface area contributed by atoms with Crippen molar-refractivity contribution in [2.75, 3.05) is 19.7 Å². The van der Waals surface area contributed by atoms with Gasteiger partial charge in [-0.15, -0.1) is 0 Å². The number of hydrogen-bond acceptors (Lipinski definition) is 5. The van der Waals surface area contributed by atoms with E-state index in [1.54, 1.807) is 6.92 Å². The van der Waals surface area contributed by atoms with Crippen molar-refractivity contribution in [3.63, 3.8) is 0 Å². The lowest BCUT2D eigenvalue weighted by molar-refractivity contribution is -0.144. The highest BCUT2D eigenvalue weighted by molar-refractivity contribution is 7.93. The van der Waals surface area contributed by atoms with E-state index in [1.807, 2.05) is 0 Å². The molecular weight excluding hydrogens is 206 g/mol. The van der Waals surface area contributed by atoms with Gasteiger partial charge in [-0.05, 0) is 6.92 Å². The maximum absolute atomic E-state index is 11.4. The van der Waals surface area contributed by atoms with Crippen molar-refractivity contribution in [3.8, 4) is 0 Å². The number of carbonyl (C=O) groups excluding carboxylic acids is 1. The van der Waals surface area contributed by atoms with Gasteiger partial charge in [0.05, 0.1) is 12.9 Å². The average molecular weight is 220 g/mol. The monoisotopic (exact) mass is 220 g/mol. The van der Waals surface area contributed by atoms with Gasteiger partial charge in [0.2, 0.25) is 0 Å². The van der Waals surface area contributed by atoms with Crippen LogP contribution in [0.1, 0.15) is 6.92 Å². The number of rotatable bonds is 4. The molecule has 6 heteroatoms. The Balaban J connectivity index is 2.76. The predicted octanol–water partition coefficient (Wildman–Crippen LogP) is -0.656. The molecule has 1 N–H and O–H groups in total. The summed E-state index contributed by atoms with van der Waals surface area (Å²) < 4.78 is 27.2. The van der Waals surface area contributed by atoms with E-state index < -0.39 is 21.1 Å². The van der Waals surface area contributed by atoms with Crippen LogP contribution in [0.4, 0.5) is 0 Å². The molecule has 0 aromatic rings. The first-order valence-corrected chi connectivity index (χ1v) is 6.12. The van der Waals surface area contributed by atoms with Crippen LogP contribution < -0.4 is 5.32 Å². The molecule has 14 heavy (non-hydrogen) atoms. The van der Waals surface area contributed by atoms with E-state index >= 15 is 0 Å². The van der Waals surface area contributed by atoms with Crippen LogP contribution in [0.2, 0.25) is 0 Å². The Morgan fingerprint density at radius 3 is 2.50 bits per heavy atom. The van der Waals surface area contributed by atoms with E-state index in [9.17, 15) is 13.2 Å². The van der Waals surface area contributed by atoms with Crippen molar-refractivity contribution in [3.05, 3.63) is 6.26 Å². The van der Waals surface area contributed by atoms with Crippen LogP contribution in [0.15, 0.2) is 0 Å². The van der Waals surface area contributed by atoms with Crippen molar-refractivity contribution in [2.24, 2.45) is 5.92 Å². The number of hydrogen-bond donors (Lipinski definition) is 1. The van der Waals surface area contributed by atoms with Crippen LogP contribution in [0.25, 0.3) is 0 Å². The molecule has 1 fully saturated rings. The van der Waals surface area contributed by atoms with Gasteiger partial charge >= 0.3 is 5.97 Å². The first kappa shape index (κ1) is 11.5. The second-order valence-corrected chi connectivity index (χ2v) is 5.09. The molecule has 81 valence electrons. The summed E-state index contributed by atoms with van der Waals surface area (Å²) in [7, 11) is -3.61. The Morgan fingerprint density at radius 1 is 1.64 bits per heavy atom. The lowest BCUT2D eigenvalue weighted by Crippen LogP contribution is -2.53. The summed E-state index contributed by atoms with van der Waals surface area (Å²) in [6.45, 7) is 2.88. The molecule has 0 bridgehead atoms. The largest absolute Gasteiger partial charge is 0.465 e. The summed E-state index contributed by atoms with van der Waals surface area (Å²) in [5, 5.41) is 1.80. The molecule has 0 aliphatic carbocycles. The Kier molecular flexibility index (Phi) is 3.49. The summed E-state index contributed by atoms with van der Waals surface area (Å²) in [5.74, 6) is -0.884. The SMILES string of the molecule is [CH2]S(=O)(=O)C(C(=O)OCC)C1CNC1. The number of sulfone groups is 1. The molecule has 0 aromatic carbocycles. The lowest BCUT2D eigenvalue weighted by atomic mass is 9.99. The minimum atomic E-state index is -3.61. The van der Waals surface area contributed by atoms with Crippen LogP contribution in [-0.2, 0) is 19.4 Å². The van der Waals surface area contributed by atoms with E-state index in [0.29, 0.717) is 13.1 Å². The minimum absolute atomic E-state index is 0.186. The van der Waals surface area contributed by atoms with Gasteiger partial charge < -0.3 is 10.1 Å². The maximum Gasteiger partial charge on any atom is 0.324 e. The third-order valence-electron chi connectivity index (χ3n) is 2.15. The minimum Gasteiger partial charge on any atom is -0.465 e. The highest BCUT2D eigenvalue weighted by Gasteiger charge is 2.40. The number of carbonyl (C=O) groups is 1. The van der Waals surface area contributed by atoms with Gasteiger partial charge in [-0.25, -0.2) is 8.42 Å². The van der Waals surface area contributed by atoms with Crippen LogP contribution in [0.3, 0.4) is 0 Å².